The summed E-state index contributed by atoms with van der Waals surface area (Å²) in [7, 11) is -3.82. The molecule has 0 saturated heterocycles. The standard InChI is InChI=1S/C24H26N4O5S/c1-3-27(4-2)34(31,32)22-13-14-23(24(16-22)28(29)30)26-25-17-20-11-8-12-21(15-20)33-18-19-9-6-5-7-10-19/h5-17,26H,3-4,18H2,1-2H3/b25-17-. The molecular formula is C24H26N4O5S. The molecule has 0 fully saturated rings. The molecule has 0 radical (unpaired) electrons. The van der Waals surface area contributed by atoms with Crippen LogP contribution >= 0.6 is 0 Å². The maximum Gasteiger partial charge on any atom is 0.295 e. The van der Waals surface area contributed by atoms with E-state index in [1.165, 1.54) is 22.7 Å². The number of hydrogen-bond acceptors (Lipinski definition) is 7. The summed E-state index contributed by atoms with van der Waals surface area (Å²) in [5.41, 5.74) is 4.10. The summed E-state index contributed by atoms with van der Waals surface area (Å²) in [6.07, 6.45) is 1.50. The molecule has 0 bridgehead atoms. The fourth-order valence-electron chi connectivity index (χ4n) is 3.23. The fourth-order valence-corrected chi connectivity index (χ4v) is 4.71. The molecule has 3 aromatic carbocycles. The van der Waals surface area contributed by atoms with Gasteiger partial charge in [0.05, 0.1) is 16.0 Å². The van der Waals surface area contributed by atoms with Gasteiger partial charge in [-0.15, -0.1) is 0 Å². The van der Waals surface area contributed by atoms with E-state index < -0.39 is 14.9 Å². The maximum atomic E-state index is 12.7. The third-order valence-electron chi connectivity index (χ3n) is 5.01. The van der Waals surface area contributed by atoms with Crippen molar-refractivity contribution in [1.82, 2.24) is 4.31 Å². The number of nitrogens with one attached hydrogen (secondary N) is 1. The van der Waals surface area contributed by atoms with Gasteiger partial charge in [-0.2, -0.15) is 9.41 Å². The first-order valence-corrected chi connectivity index (χ1v) is 12.1. The summed E-state index contributed by atoms with van der Waals surface area (Å²) in [6.45, 7) is 4.38. The minimum atomic E-state index is -3.82. The van der Waals surface area contributed by atoms with Crippen LogP contribution in [0.3, 0.4) is 0 Å². The molecule has 1 N–H and O–H groups in total. The van der Waals surface area contributed by atoms with Gasteiger partial charge in [-0.1, -0.05) is 56.3 Å². The summed E-state index contributed by atoms with van der Waals surface area (Å²) in [5.74, 6) is 0.657. The van der Waals surface area contributed by atoms with Gasteiger partial charge in [0.15, 0.2) is 0 Å². The molecule has 0 aliphatic rings. The first kappa shape index (κ1) is 24.9. The molecular weight excluding hydrogens is 456 g/mol. The number of anilines is 1. The second-order valence-corrected chi connectivity index (χ2v) is 9.18. The number of benzene rings is 3. The van der Waals surface area contributed by atoms with E-state index >= 15 is 0 Å². The highest BCUT2D eigenvalue weighted by Crippen LogP contribution is 2.29. The van der Waals surface area contributed by atoms with Crippen molar-refractivity contribution in [1.29, 1.82) is 0 Å². The Morgan fingerprint density at radius 2 is 1.76 bits per heavy atom. The van der Waals surface area contributed by atoms with Crippen LogP contribution in [0.25, 0.3) is 0 Å². The van der Waals surface area contributed by atoms with E-state index in [9.17, 15) is 18.5 Å². The lowest BCUT2D eigenvalue weighted by atomic mass is 10.2. The highest BCUT2D eigenvalue weighted by atomic mass is 32.2. The minimum absolute atomic E-state index is 0.0798. The number of hydrogen-bond donors (Lipinski definition) is 1. The van der Waals surface area contributed by atoms with Gasteiger partial charge >= 0.3 is 0 Å². The predicted octanol–water partition coefficient (Wildman–Crippen LogP) is 4.65. The lowest BCUT2D eigenvalue weighted by molar-refractivity contribution is -0.384. The fraction of sp³-hybridized carbons (Fsp3) is 0.208. The highest BCUT2D eigenvalue weighted by molar-refractivity contribution is 7.89. The van der Waals surface area contributed by atoms with Crippen molar-refractivity contribution < 1.29 is 18.1 Å². The summed E-state index contributed by atoms with van der Waals surface area (Å²) < 4.78 is 32.4. The predicted molar refractivity (Wildman–Crippen MR) is 132 cm³/mol. The quantitative estimate of drug-likeness (QED) is 0.242. The van der Waals surface area contributed by atoms with E-state index in [2.05, 4.69) is 10.5 Å². The zero-order valence-corrected chi connectivity index (χ0v) is 19.7. The van der Waals surface area contributed by atoms with Gasteiger partial charge in [-0.3, -0.25) is 15.5 Å². The number of nitro benzene ring substituents is 1. The van der Waals surface area contributed by atoms with Crippen LogP contribution in [-0.4, -0.2) is 37.0 Å². The van der Waals surface area contributed by atoms with Crippen LogP contribution in [0.1, 0.15) is 25.0 Å². The summed E-state index contributed by atoms with van der Waals surface area (Å²) in [6, 6.07) is 20.7. The molecule has 0 aliphatic carbocycles. The molecule has 0 saturated carbocycles. The monoisotopic (exact) mass is 482 g/mol. The SMILES string of the molecule is CCN(CC)S(=O)(=O)c1ccc(N/N=C\c2cccc(OCc3ccccc3)c2)c([N+](=O)[O-])c1. The van der Waals surface area contributed by atoms with Crippen LogP contribution in [0.15, 0.2) is 82.8 Å². The number of nitro groups is 1. The third kappa shape index (κ3) is 6.18. The molecule has 10 heteroatoms. The second kappa shape index (κ2) is 11.4. The number of sulfonamides is 1. The molecule has 178 valence electrons. The van der Waals surface area contributed by atoms with Gasteiger partial charge in [-0.05, 0) is 35.4 Å². The van der Waals surface area contributed by atoms with E-state index in [4.69, 9.17) is 4.74 Å². The van der Waals surface area contributed by atoms with Crippen molar-refractivity contribution in [2.24, 2.45) is 5.10 Å². The number of ether oxygens (including phenoxy) is 1. The molecule has 0 aliphatic heterocycles. The van der Waals surface area contributed by atoms with Crippen LogP contribution < -0.4 is 10.2 Å². The smallest absolute Gasteiger partial charge is 0.295 e. The van der Waals surface area contributed by atoms with Crippen molar-refractivity contribution in [3.05, 3.63) is 94.0 Å². The maximum absolute atomic E-state index is 12.7. The number of nitrogens with zero attached hydrogens (tertiary/aromatic N) is 3. The van der Waals surface area contributed by atoms with Crippen LogP contribution in [0, 0.1) is 10.1 Å². The van der Waals surface area contributed by atoms with E-state index in [0.717, 1.165) is 17.2 Å². The molecule has 0 amide bonds. The highest BCUT2D eigenvalue weighted by Gasteiger charge is 2.25. The van der Waals surface area contributed by atoms with E-state index in [1.807, 2.05) is 48.5 Å². The zero-order valence-electron chi connectivity index (χ0n) is 18.9. The zero-order chi connectivity index (χ0) is 24.6. The van der Waals surface area contributed by atoms with E-state index in [1.54, 1.807) is 19.9 Å². The molecule has 9 nitrogen and oxygen atoms in total. The molecule has 0 heterocycles. The molecule has 0 atom stereocenters. The van der Waals surface area contributed by atoms with Crippen molar-refractivity contribution in [3.63, 3.8) is 0 Å². The summed E-state index contributed by atoms with van der Waals surface area (Å²) in [5, 5.41) is 15.6. The molecule has 0 aromatic heterocycles. The van der Waals surface area contributed by atoms with Gasteiger partial charge in [0.1, 0.15) is 18.0 Å². The van der Waals surface area contributed by atoms with Gasteiger partial charge in [0, 0.05) is 19.2 Å². The van der Waals surface area contributed by atoms with Crippen LogP contribution in [0.4, 0.5) is 11.4 Å². The van der Waals surface area contributed by atoms with Crippen LogP contribution in [0.5, 0.6) is 5.75 Å². The largest absolute Gasteiger partial charge is 0.489 e. The van der Waals surface area contributed by atoms with E-state index in [-0.39, 0.29) is 29.4 Å². The van der Waals surface area contributed by atoms with Crippen LogP contribution in [-0.2, 0) is 16.6 Å². The topological polar surface area (TPSA) is 114 Å². The lowest BCUT2D eigenvalue weighted by Crippen LogP contribution is -2.30. The average molecular weight is 483 g/mol. The van der Waals surface area contributed by atoms with Crippen LogP contribution in [0.2, 0.25) is 0 Å². The Kier molecular flexibility index (Phi) is 8.34. The van der Waals surface area contributed by atoms with Gasteiger partial charge < -0.3 is 4.74 Å². The molecule has 0 unspecified atom stereocenters. The second-order valence-electron chi connectivity index (χ2n) is 7.24. The van der Waals surface area contributed by atoms with E-state index in [0.29, 0.717) is 12.4 Å². The van der Waals surface area contributed by atoms with Crippen molar-refractivity contribution >= 4 is 27.6 Å². The molecule has 0 spiro atoms. The molecule has 3 aromatic rings. The molecule has 34 heavy (non-hydrogen) atoms. The first-order valence-electron chi connectivity index (χ1n) is 10.7. The Hall–Kier alpha value is -3.76. The number of hydrazone groups is 1. The van der Waals surface area contributed by atoms with Gasteiger partial charge in [-0.25, -0.2) is 8.42 Å². The van der Waals surface area contributed by atoms with Crippen molar-refractivity contribution in [3.8, 4) is 5.75 Å². The lowest BCUT2D eigenvalue weighted by Gasteiger charge is -2.18. The third-order valence-corrected chi connectivity index (χ3v) is 7.06. The van der Waals surface area contributed by atoms with Crippen molar-refractivity contribution in [2.75, 3.05) is 18.5 Å². The molecule has 3 rings (SSSR count). The van der Waals surface area contributed by atoms with Gasteiger partial charge in [0.2, 0.25) is 10.0 Å². The Bertz CT molecular complexity index is 1260. The number of rotatable bonds is 11. The Balaban J connectivity index is 1.73. The Morgan fingerprint density at radius 3 is 2.44 bits per heavy atom. The van der Waals surface area contributed by atoms with Gasteiger partial charge in [0.25, 0.3) is 5.69 Å². The Labute approximate surface area is 198 Å². The minimum Gasteiger partial charge on any atom is -0.489 e. The van der Waals surface area contributed by atoms with Crippen molar-refractivity contribution in [2.45, 2.75) is 25.3 Å². The summed E-state index contributed by atoms with van der Waals surface area (Å²) in [4.78, 5) is 10.8. The first-order chi connectivity index (χ1) is 16.3. The average Bonchev–Trinajstić information content (AvgIpc) is 2.84. The normalized spacial score (nSPS) is 11.6. The Morgan fingerprint density at radius 1 is 1.03 bits per heavy atom. The summed E-state index contributed by atoms with van der Waals surface area (Å²) >= 11 is 0.